The van der Waals surface area contributed by atoms with E-state index in [-0.39, 0.29) is 11.7 Å². The van der Waals surface area contributed by atoms with Crippen LogP contribution in [0.1, 0.15) is 23.5 Å². The minimum absolute atomic E-state index is 0.134. The Morgan fingerprint density at radius 3 is 2.54 bits per heavy atom. The van der Waals surface area contributed by atoms with Crippen LogP contribution in [0.2, 0.25) is 0 Å². The topological polar surface area (TPSA) is 70.8 Å². The van der Waals surface area contributed by atoms with Crippen molar-refractivity contribution in [3.05, 3.63) is 59.6 Å². The molecule has 1 saturated heterocycles. The molecule has 2 aromatic rings. The summed E-state index contributed by atoms with van der Waals surface area (Å²) in [5.41, 5.74) is 1.50. The van der Waals surface area contributed by atoms with Crippen molar-refractivity contribution in [2.75, 3.05) is 23.7 Å². The number of aryl methyl sites for hydroxylation is 1. The minimum atomic E-state index is -3.17. The number of amides is 1. The highest BCUT2D eigenvalue weighted by atomic mass is 32.2. The van der Waals surface area contributed by atoms with Gasteiger partial charge >= 0.3 is 0 Å². The summed E-state index contributed by atoms with van der Waals surface area (Å²) >= 11 is 0. The molecule has 1 aliphatic heterocycles. The zero-order chi connectivity index (χ0) is 18.7. The molecule has 6 nitrogen and oxygen atoms in total. The van der Waals surface area contributed by atoms with E-state index < -0.39 is 10.0 Å². The molecule has 0 aliphatic carbocycles. The molecule has 0 saturated carbocycles. The van der Waals surface area contributed by atoms with E-state index in [4.69, 9.17) is 4.42 Å². The summed E-state index contributed by atoms with van der Waals surface area (Å²) < 4.78 is 30.8. The molecule has 1 fully saturated rings. The molecule has 0 radical (unpaired) electrons. The van der Waals surface area contributed by atoms with Gasteiger partial charge in [-0.15, -0.1) is 0 Å². The maximum absolute atomic E-state index is 12.2. The lowest BCUT2D eigenvalue weighted by molar-refractivity contribution is -0.125. The van der Waals surface area contributed by atoms with Gasteiger partial charge in [0, 0.05) is 19.7 Å². The second kappa shape index (κ2) is 7.37. The van der Waals surface area contributed by atoms with Gasteiger partial charge in [0.15, 0.2) is 0 Å². The molecule has 1 aromatic heterocycles. The van der Waals surface area contributed by atoms with Crippen molar-refractivity contribution in [2.24, 2.45) is 0 Å². The molecule has 1 aromatic carbocycles. The quantitative estimate of drug-likeness (QED) is 0.755. The molecule has 0 spiro atoms. The molecule has 0 bridgehead atoms. The Labute approximate surface area is 153 Å². The molecule has 138 valence electrons. The Hall–Kier alpha value is -2.54. The van der Waals surface area contributed by atoms with Crippen molar-refractivity contribution in [1.82, 2.24) is 4.90 Å². The van der Waals surface area contributed by atoms with E-state index in [9.17, 15) is 13.2 Å². The Kier molecular flexibility index (Phi) is 5.18. The van der Waals surface area contributed by atoms with Crippen LogP contribution in [0.5, 0.6) is 0 Å². The van der Waals surface area contributed by atoms with Gasteiger partial charge in [-0.2, -0.15) is 0 Å². The van der Waals surface area contributed by atoms with E-state index in [0.29, 0.717) is 25.2 Å². The smallest absolute Gasteiger partial charge is 0.246 e. The summed E-state index contributed by atoms with van der Waals surface area (Å²) in [6.45, 7) is 2.79. The largest absolute Gasteiger partial charge is 0.464 e. The summed E-state index contributed by atoms with van der Waals surface area (Å²) in [7, 11) is -1.46. The van der Waals surface area contributed by atoms with E-state index in [0.717, 1.165) is 17.1 Å². The molecule has 0 atom stereocenters. The van der Waals surface area contributed by atoms with E-state index >= 15 is 0 Å². The summed E-state index contributed by atoms with van der Waals surface area (Å²) in [5.74, 6) is 1.62. The van der Waals surface area contributed by atoms with Gasteiger partial charge < -0.3 is 9.32 Å². The highest BCUT2D eigenvalue weighted by Crippen LogP contribution is 2.24. The van der Waals surface area contributed by atoms with Gasteiger partial charge in [0.2, 0.25) is 15.9 Å². The molecule has 0 N–H and O–H groups in total. The predicted octanol–water partition coefficient (Wildman–Crippen LogP) is 2.80. The van der Waals surface area contributed by atoms with Gasteiger partial charge in [-0.1, -0.05) is 12.1 Å². The monoisotopic (exact) mass is 374 g/mol. The fraction of sp³-hybridized carbons (Fsp3) is 0.316. The lowest BCUT2D eigenvalue weighted by Gasteiger charge is -2.16. The van der Waals surface area contributed by atoms with E-state index in [2.05, 4.69) is 0 Å². The van der Waals surface area contributed by atoms with Crippen molar-refractivity contribution in [3.8, 4) is 0 Å². The molecular formula is C19H22N2O4S. The van der Waals surface area contributed by atoms with Crippen molar-refractivity contribution in [2.45, 2.75) is 19.9 Å². The van der Waals surface area contributed by atoms with Crippen molar-refractivity contribution in [1.29, 1.82) is 0 Å². The standard InChI is InChI=1S/C19H22N2O4S/c1-15-4-10-18(25-15)14-20(2)19(22)11-7-16-5-8-17(9-6-16)21-12-3-13-26(21,23)24/h4-11H,3,12-14H2,1-2H3/b11-7+. The number of hydrogen-bond acceptors (Lipinski definition) is 4. The van der Waals surface area contributed by atoms with Gasteiger partial charge in [0.1, 0.15) is 11.5 Å². The molecule has 1 amide bonds. The zero-order valence-corrected chi connectivity index (χ0v) is 15.7. The predicted molar refractivity (Wildman–Crippen MR) is 101 cm³/mol. The number of anilines is 1. The van der Waals surface area contributed by atoms with Gasteiger partial charge in [0.05, 0.1) is 18.0 Å². The van der Waals surface area contributed by atoms with Gasteiger partial charge in [0.25, 0.3) is 0 Å². The second-order valence-electron chi connectivity index (χ2n) is 6.37. The Morgan fingerprint density at radius 1 is 1.23 bits per heavy atom. The number of benzene rings is 1. The molecule has 0 unspecified atom stereocenters. The van der Waals surface area contributed by atoms with Crippen molar-refractivity contribution < 1.29 is 17.6 Å². The highest BCUT2D eigenvalue weighted by molar-refractivity contribution is 7.93. The van der Waals surface area contributed by atoms with Crippen LogP contribution in [0, 0.1) is 6.92 Å². The van der Waals surface area contributed by atoms with Gasteiger partial charge in [-0.05, 0) is 49.2 Å². The maximum atomic E-state index is 12.2. The Morgan fingerprint density at radius 2 is 1.96 bits per heavy atom. The molecule has 2 heterocycles. The van der Waals surface area contributed by atoms with E-state index in [1.54, 1.807) is 30.2 Å². The number of furan rings is 1. The molecular weight excluding hydrogens is 352 g/mol. The normalized spacial score (nSPS) is 16.3. The number of nitrogens with zero attached hydrogens (tertiary/aromatic N) is 2. The summed E-state index contributed by atoms with van der Waals surface area (Å²) in [6, 6.07) is 10.9. The lowest BCUT2D eigenvalue weighted by Crippen LogP contribution is -2.24. The van der Waals surface area contributed by atoms with Crippen LogP contribution in [0.4, 0.5) is 5.69 Å². The van der Waals surface area contributed by atoms with Crippen LogP contribution in [0.15, 0.2) is 46.9 Å². The van der Waals surface area contributed by atoms with Crippen LogP contribution >= 0.6 is 0 Å². The first-order valence-corrected chi connectivity index (χ1v) is 10.0. The SMILES string of the molecule is Cc1ccc(CN(C)C(=O)/C=C/c2ccc(N3CCCS3(=O)=O)cc2)o1. The van der Waals surface area contributed by atoms with Crippen LogP contribution < -0.4 is 4.31 Å². The molecule has 7 heteroatoms. The number of sulfonamides is 1. The number of rotatable bonds is 5. The molecule has 26 heavy (non-hydrogen) atoms. The third-order valence-corrected chi connectivity index (χ3v) is 6.13. The Balaban J connectivity index is 1.62. The van der Waals surface area contributed by atoms with Crippen LogP contribution in [0.3, 0.4) is 0 Å². The van der Waals surface area contributed by atoms with E-state index in [1.807, 2.05) is 31.2 Å². The fourth-order valence-electron chi connectivity index (χ4n) is 2.86. The average molecular weight is 374 g/mol. The first kappa shape index (κ1) is 18.3. The number of likely N-dealkylation sites (N-methyl/N-ethyl adjacent to an activating group) is 1. The van der Waals surface area contributed by atoms with Gasteiger partial charge in [-0.25, -0.2) is 8.42 Å². The minimum Gasteiger partial charge on any atom is -0.464 e. The number of carbonyl (C=O) groups excluding carboxylic acids is 1. The summed E-state index contributed by atoms with van der Waals surface area (Å²) in [6.07, 6.45) is 3.87. The third-order valence-electron chi connectivity index (χ3n) is 4.26. The van der Waals surface area contributed by atoms with E-state index in [1.165, 1.54) is 10.4 Å². The zero-order valence-electron chi connectivity index (χ0n) is 14.9. The van der Waals surface area contributed by atoms with Crippen molar-refractivity contribution in [3.63, 3.8) is 0 Å². The van der Waals surface area contributed by atoms with Gasteiger partial charge in [-0.3, -0.25) is 9.10 Å². The Bertz CT molecular complexity index is 913. The second-order valence-corrected chi connectivity index (χ2v) is 8.39. The summed E-state index contributed by atoms with van der Waals surface area (Å²) in [5, 5.41) is 0. The fourth-order valence-corrected chi connectivity index (χ4v) is 4.42. The van der Waals surface area contributed by atoms with Crippen molar-refractivity contribution >= 4 is 27.7 Å². The number of hydrogen-bond donors (Lipinski definition) is 0. The highest BCUT2D eigenvalue weighted by Gasteiger charge is 2.28. The lowest BCUT2D eigenvalue weighted by atomic mass is 10.2. The first-order valence-electron chi connectivity index (χ1n) is 8.44. The van der Waals surface area contributed by atoms with Crippen LogP contribution in [-0.2, 0) is 21.4 Å². The molecule has 3 rings (SSSR count). The van der Waals surface area contributed by atoms with Crippen LogP contribution in [0.25, 0.3) is 6.08 Å². The summed E-state index contributed by atoms with van der Waals surface area (Å²) in [4.78, 5) is 13.8. The number of carbonyl (C=O) groups is 1. The maximum Gasteiger partial charge on any atom is 0.246 e. The average Bonchev–Trinajstić information content (AvgIpc) is 3.17. The first-order chi connectivity index (χ1) is 12.3. The third kappa shape index (κ3) is 4.16. The molecule has 1 aliphatic rings. The van der Waals surface area contributed by atoms with Crippen LogP contribution in [-0.4, -0.2) is 38.6 Å².